The van der Waals surface area contributed by atoms with Crippen molar-refractivity contribution >= 4 is 34.9 Å². The summed E-state index contributed by atoms with van der Waals surface area (Å²) in [5.41, 5.74) is 1.17. The molecular formula is C15H16N2O3S. The predicted molar refractivity (Wildman–Crippen MR) is 82.2 cm³/mol. The van der Waals surface area contributed by atoms with E-state index in [1.807, 2.05) is 4.90 Å². The van der Waals surface area contributed by atoms with Gasteiger partial charge in [0.15, 0.2) is 5.11 Å². The van der Waals surface area contributed by atoms with Gasteiger partial charge in [-0.2, -0.15) is 0 Å². The minimum atomic E-state index is -0.361. The number of hydrogen-bond donors (Lipinski definition) is 0. The molecule has 1 amide bonds. The molecule has 0 aliphatic carbocycles. The van der Waals surface area contributed by atoms with E-state index in [4.69, 9.17) is 17.0 Å². The van der Waals surface area contributed by atoms with Crippen LogP contribution in [0.3, 0.4) is 0 Å². The molecule has 5 nitrogen and oxygen atoms in total. The number of benzene rings is 1. The Morgan fingerprint density at radius 1 is 1.38 bits per heavy atom. The first-order valence-electron chi connectivity index (χ1n) is 7.05. The number of esters is 1. The van der Waals surface area contributed by atoms with Crippen molar-refractivity contribution in [2.24, 2.45) is 0 Å². The molecule has 2 heterocycles. The van der Waals surface area contributed by atoms with E-state index >= 15 is 0 Å². The third-order valence-corrected chi connectivity index (χ3v) is 4.25. The standard InChI is InChI=1S/C15H16N2O3S/c1-2-20-14(19)10-5-7-11(8-6-10)17-13(18)12-4-3-9-16(12)15(17)21/h5-8,12H,2-4,9H2,1H3. The van der Waals surface area contributed by atoms with E-state index < -0.39 is 0 Å². The summed E-state index contributed by atoms with van der Waals surface area (Å²) in [6.45, 7) is 2.94. The zero-order valence-electron chi connectivity index (χ0n) is 11.7. The molecule has 6 heteroatoms. The highest BCUT2D eigenvalue weighted by Crippen LogP contribution is 2.31. The number of thiocarbonyl (C=S) groups is 1. The first-order chi connectivity index (χ1) is 10.1. The van der Waals surface area contributed by atoms with Crippen LogP contribution in [0.25, 0.3) is 0 Å². The molecule has 1 aromatic carbocycles. The van der Waals surface area contributed by atoms with Crippen LogP contribution >= 0.6 is 12.2 Å². The van der Waals surface area contributed by atoms with Gasteiger partial charge in [0.05, 0.1) is 17.9 Å². The molecule has 1 atom stereocenters. The van der Waals surface area contributed by atoms with Crippen molar-refractivity contribution in [2.75, 3.05) is 18.1 Å². The fraction of sp³-hybridized carbons (Fsp3) is 0.400. The van der Waals surface area contributed by atoms with Gasteiger partial charge in [-0.05, 0) is 56.2 Å². The van der Waals surface area contributed by atoms with E-state index in [1.54, 1.807) is 36.1 Å². The molecule has 0 aromatic heterocycles. The summed E-state index contributed by atoms with van der Waals surface area (Å²) < 4.78 is 4.94. The minimum Gasteiger partial charge on any atom is -0.462 e. The van der Waals surface area contributed by atoms with Crippen LogP contribution in [-0.4, -0.2) is 41.1 Å². The lowest BCUT2D eigenvalue weighted by Gasteiger charge is -2.18. The summed E-state index contributed by atoms with van der Waals surface area (Å²) in [5.74, 6) is -0.332. The van der Waals surface area contributed by atoms with Gasteiger partial charge < -0.3 is 9.64 Å². The van der Waals surface area contributed by atoms with Crippen LogP contribution in [0, 0.1) is 0 Å². The number of hydrogen-bond acceptors (Lipinski definition) is 4. The summed E-state index contributed by atoms with van der Waals surface area (Å²) in [6.07, 6.45) is 1.86. The van der Waals surface area contributed by atoms with Gasteiger partial charge in [0, 0.05) is 6.54 Å². The fourth-order valence-electron chi connectivity index (χ4n) is 2.82. The molecule has 21 heavy (non-hydrogen) atoms. The molecule has 0 saturated carbocycles. The maximum atomic E-state index is 12.4. The molecule has 2 aliphatic rings. The molecule has 2 fully saturated rings. The SMILES string of the molecule is CCOC(=O)c1ccc(N2C(=O)C3CCCN3C2=S)cc1. The topological polar surface area (TPSA) is 49.9 Å². The van der Waals surface area contributed by atoms with Gasteiger partial charge in [0.1, 0.15) is 6.04 Å². The highest BCUT2D eigenvalue weighted by Gasteiger charge is 2.45. The second-order valence-corrected chi connectivity index (χ2v) is 5.44. The second kappa shape index (κ2) is 5.44. The fourth-order valence-corrected chi connectivity index (χ4v) is 3.24. The lowest BCUT2D eigenvalue weighted by atomic mass is 10.1. The molecule has 2 saturated heterocycles. The van der Waals surface area contributed by atoms with Crippen molar-refractivity contribution in [3.05, 3.63) is 29.8 Å². The average molecular weight is 304 g/mol. The summed E-state index contributed by atoms with van der Waals surface area (Å²) in [6, 6.07) is 6.68. The Balaban J connectivity index is 1.83. The Morgan fingerprint density at radius 3 is 2.71 bits per heavy atom. The maximum Gasteiger partial charge on any atom is 0.338 e. The van der Waals surface area contributed by atoms with Crippen LogP contribution in [0.5, 0.6) is 0 Å². The second-order valence-electron chi connectivity index (χ2n) is 5.07. The summed E-state index contributed by atoms with van der Waals surface area (Å²) in [7, 11) is 0. The zero-order valence-corrected chi connectivity index (χ0v) is 12.6. The van der Waals surface area contributed by atoms with Crippen LogP contribution in [0.4, 0.5) is 5.69 Å². The van der Waals surface area contributed by atoms with Crippen LogP contribution in [0.2, 0.25) is 0 Å². The Bertz CT molecular complexity index is 577. The van der Waals surface area contributed by atoms with Crippen molar-refractivity contribution in [3.63, 3.8) is 0 Å². The highest BCUT2D eigenvalue weighted by molar-refractivity contribution is 7.80. The maximum absolute atomic E-state index is 12.4. The van der Waals surface area contributed by atoms with Gasteiger partial charge in [0.2, 0.25) is 0 Å². The number of nitrogens with zero attached hydrogens (tertiary/aromatic N) is 2. The van der Waals surface area contributed by atoms with E-state index in [2.05, 4.69) is 0 Å². The van der Waals surface area contributed by atoms with E-state index in [9.17, 15) is 9.59 Å². The van der Waals surface area contributed by atoms with Crippen molar-refractivity contribution in [1.29, 1.82) is 0 Å². The Kier molecular flexibility index (Phi) is 3.63. The van der Waals surface area contributed by atoms with Gasteiger partial charge >= 0.3 is 5.97 Å². The van der Waals surface area contributed by atoms with Gasteiger partial charge in [-0.15, -0.1) is 0 Å². The number of amides is 1. The lowest BCUT2D eigenvalue weighted by Crippen LogP contribution is -2.32. The van der Waals surface area contributed by atoms with Crippen LogP contribution in [-0.2, 0) is 9.53 Å². The number of carbonyl (C=O) groups excluding carboxylic acids is 2. The van der Waals surface area contributed by atoms with Crippen molar-refractivity contribution in [2.45, 2.75) is 25.8 Å². The summed E-state index contributed by atoms with van der Waals surface area (Å²) in [4.78, 5) is 27.6. The average Bonchev–Trinajstić information content (AvgIpc) is 3.05. The molecule has 1 aromatic rings. The van der Waals surface area contributed by atoms with Gasteiger partial charge in [-0.25, -0.2) is 4.79 Å². The van der Waals surface area contributed by atoms with Gasteiger partial charge in [-0.1, -0.05) is 0 Å². The van der Waals surface area contributed by atoms with Crippen molar-refractivity contribution in [3.8, 4) is 0 Å². The molecule has 0 bridgehead atoms. The highest BCUT2D eigenvalue weighted by atomic mass is 32.1. The number of anilines is 1. The van der Waals surface area contributed by atoms with E-state index in [0.717, 1.165) is 19.4 Å². The van der Waals surface area contributed by atoms with Crippen LogP contribution < -0.4 is 4.90 Å². The Labute approximate surface area is 128 Å². The van der Waals surface area contributed by atoms with E-state index in [1.165, 1.54) is 0 Å². The third-order valence-electron chi connectivity index (χ3n) is 3.83. The van der Waals surface area contributed by atoms with Crippen molar-refractivity contribution < 1.29 is 14.3 Å². The van der Waals surface area contributed by atoms with Crippen molar-refractivity contribution in [1.82, 2.24) is 4.90 Å². The third kappa shape index (κ3) is 2.29. The molecule has 3 rings (SSSR count). The quantitative estimate of drug-likeness (QED) is 0.631. The van der Waals surface area contributed by atoms with E-state index in [-0.39, 0.29) is 17.9 Å². The predicted octanol–water partition coefficient (Wildman–Crippen LogP) is 1.96. The smallest absolute Gasteiger partial charge is 0.338 e. The molecule has 0 radical (unpaired) electrons. The number of fused-ring (bicyclic) bond motifs is 1. The largest absolute Gasteiger partial charge is 0.462 e. The van der Waals surface area contributed by atoms with E-state index in [0.29, 0.717) is 23.0 Å². The molecule has 2 aliphatic heterocycles. The van der Waals surface area contributed by atoms with Gasteiger partial charge in [-0.3, -0.25) is 9.69 Å². The summed E-state index contributed by atoms with van der Waals surface area (Å²) >= 11 is 5.40. The first-order valence-corrected chi connectivity index (χ1v) is 7.46. The number of ether oxygens (including phenoxy) is 1. The molecule has 1 unspecified atom stereocenters. The van der Waals surface area contributed by atoms with Crippen LogP contribution in [0.15, 0.2) is 24.3 Å². The van der Waals surface area contributed by atoms with Crippen LogP contribution in [0.1, 0.15) is 30.1 Å². The molecular weight excluding hydrogens is 288 g/mol. The Morgan fingerprint density at radius 2 is 2.10 bits per heavy atom. The minimum absolute atomic E-state index is 0.0291. The normalized spacial score (nSPS) is 20.9. The molecule has 0 N–H and O–H groups in total. The first kappa shape index (κ1) is 14.0. The summed E-state index contributed by atoms with van der Waals surface area (Å²) in [5, 5.41) is 0.561. The monoisotopic (exact) mass is 304 g/mol. The molecule has 0 spiro atoms. The number of rotatable bonds is 3. The van der Waals surface area contributed by atoms with Gasteiger partial charge in [0.25, 0.3) is 5.91 Å². The lowest BCUT2D eigenvalue weighted by molar-refractivity contribution is -0.119. The number of carbonyl (C=O) groups is 2. The Hall–Kier alpha value is -1.95. The zero-order chi connectivity index (χ0) is 15.0. The molecule has 110 valence electrons.